The highest BCUT2D eigenvalue weighted by atomic mass is 19.4. The van der Waals surface area contributed by atoms with Crippen LogP contribution < -0.4 is 25.4 Å². The van der Waals surface area contributed by atoms with E-state index >= 15 is 0 Å². The van der Waals surface area contributed by atoms with E-state index in [4.69, 9.17) is 9.47 Å². The number of benzene rings is 3. The number of ether oxygens (including phenoxy) is 2. The number of halogens is 6. The molecule has 0 spiro atoms. The molecule has 0 fully saturated rings. The van der Waals surface area contributed by atoms with Gasteiger partial charge in [0.25, 0.3) is 0 Å². The lowest BCUT2D eigenvalue weighted by Crippen LogP contribution is -2.39. The number of nitrogens with one attached hydrogen (secondary N) is 3. The molecule has 2 aliphatic carbocycles. The summed E-state index contributed by atoms with van der Waals surface area (Å²) in [6, 6.07) is 10.6. The van der Waals surface area contributed by atoms with Gasteiger partial charge in [0.15, 0.2) is 0 Å². The van der Waals surface area contributed by atoms with Crippen LogP contribution in [0.3, 0.4) is 0 Å². The maximum absolute atomic E-state index is 14.1. The third kappa shape index (κ3) is 8.83. The third-order valence-electron chi connectivity index (χ3n) is 8.63. The van der Waals surface area contributed by atoms with Crippen molar-refractivity contribution in [2.45, 2.75) is 12.4 Å². The third-order valence-corrected chi connectivity index (χ3v) is 8.63. The molecule has 0 saturated carbocycles. The summed E-state index contributed by atoms with van der Waals surface area (Å²) in [6.07, 6.45) is -3.23. The van der Waals surface area contributed by atoms with Crippen molar-refractivity contribution in [1.29, 1.82) is 0 Å². The summed E-state index contributed by atoms with van der Waals surface area (Å²) in [7, 11) is 2.89. The fourth-order valence-corrected chi connectivity index (χ4v) is 5.97. The van der Waals surface area contributed by atoms with Crippen LogP contribution in [-0.2, 0) is 31.5 Å². The molecule has 3 aromatic rings. The highest BCUT2D eigenvalue weighted by molar-refractivity contribution is 5.98. The summed E-state index contributed by atoms with van der Waals surface area (Å²) in [6.45, 7) is 0. The topological polar surface area (TPSA) is 163 Å². The number of carboxylic acid groups (broad SMARTS) is 2. The largest absolute Gasteiger partial charge is 0.481 e. The number of carboxylic acids is 2. The monoisotopic (exact) mass is 771 g/mol. The van der Waals surface area contributed by atoms with E-state index in [2.05, 4.69) is 16.0 Å². The van der Waals surface area contributed by atoms with Crippen LogP contribution in [0.2, 0.25) is 0 Å². The van der Waals surface area contributed by atoms with Crippen LogP contribution in [0.5, 0.6) is 11.5 Å². The van der Waals surface area contributed by atoms with Crippen LogP contribution in [0, 0.1) is 23.7 Å². The van der Waals surface area contributed by atoms with Crippen LogP contribution >= 0.6 is 0 Å². The molecular weight excluding hydrogens is 740 g/mol. The van der Waals surface area contributed by atoms with Gasteiger partial charge in [0.05, 0.1) is 28.5 Å². The summed E-state index contributed by atoms with van der Waals surface area (Å²) < 4.78 is 96.7. The van der Waals surface area contributed by atoms with Crippen molar-refractivity contribution in [2.75, 3.05) is 24.7 Å². The van der Waals surface area contributed by atoms with Crippen molar-refractivity contribution in [2.24, 2.45) is 23.7 Å². The molecule has 0 aromatic heterocycles. The van der Waals surface area contributed by atoms with Gasteiger partial charge in [0.1, 0.15) is 34.9 Å². The van der Waals surface area contributed by atoms with E-state index < -0.39 is 93.5 Å². The van der Waals surface area contributed by atoms with Crippen LogP contribution in [0.15, 0.2) is 109 Å². The SMILES string of the molecule is CNC(=O)C1C(Oc2cccc(OC3=CC=CC(C(=O)O)C3C(=O)Nc3ccc(NC)cc3)c2-c2cc(C(F)(F)F)cc(C(F)(F)F)c2)=CC=CC1C(=O)O. The minimum atomic E-state index is -5.28. The zero-order chi connectivity index (χ0) is 40.2. The van der Waals surface area contributed by atoms with E-state index in [-0.39, 0.29) is 23.3 Å². The normalized spacial score (nSPS) is 19.4. The lowest BCUT2D eigenvalue weighted by molar-refractivity contribution is -0.145. The van der Waals surface area contributed by atoms with Gasteiger partial charge in [-0.15, -0.1) is 0 Å². The molecule has 0 heterocycles. The molecule has 4 atom stereocenters. The first-order valence-electron chi connectivity index (χ1n) is 16.2. The van der Waals surface area contributed by atoms with Gasteiger partial charge in [-0.2, -0.15) is 26.3 Å². The zero-order valence-corrected chi connectivity index (χ0v) is 28.7. The lowest BCUT2D eigenvalue weighted by atomic mass is 9.85. The summed E-state index contributed by atoms with van der Waals surface area (Å²) >= 11 is 0. The standard InChI is InChI=1S/C38H31F6N3O8/c1-45-22-12-14-23(15-13-22)47-34(49)32-25(36(52)53)7-4-9-29(32)55-27-11-5-10-26(54-28-8-3-6-24(35(50)51)31(28)33(48)46-2)30(27)19-16-20(37(39,40)41)18-21(17-19)38(42,43)44/h3-18,24-25,31-32,45H,1-2H3,(H,46,48)(H,47,49)(H,50,51)(H,52,53). The first-order valence-corrected chi connectivity index (χ1v) is 16.2. The fraction of sp³-hybridized carbons (Fsp3) is 0.211. The van der Waals surface area contributed by atoms with Gasteiger partial charge in [-0.05, 0) is 72.3 Å². The molecule has 5 rings (SSSR count). The molecule has 11 nitrogen and oxygen atoms in total. The van der Waals surface area contributed by atoms with Gasteiger partial charge in [-0.3, -0.25) is 19.2 Å². The first kappa shape index (κ1) is 39.7. The fourth-order valence-electron chi connectivity index (χ4n) is 5.97. The molecule has 3 aromatic carbocycles. The van der Waals surface area contributed by atoms with E-state index in [1.54, 1.807) is 19.2 Å². The molecule has 55 heavy (non-hydrogen) atoms. The Balaban J connectivity index is 1.68. The van der Waals surface area contributed by atoms with Gasteiger partial charge in [0.2, 0.25) is 11.8 Å². The molecule has 0 aliphatic heterocycles. The molecule has 2 aliphatic rings. The summed E-state index contributed by atoms with van der Waals surface area (Å²) in [4.78, 5) is 51.1. The predicted octanol–water partition coefficient (Wildman–Crippen LogP) is 7.12. The molecule has 2 amide bonds. The Hall–Kier alpha value is -6.52. The van der Waals surface area contributed by atoms with Gasteiger partial charge >= 0.3 is 24.3 Å². The second kappa shape index (κ2) is 15.8. The zero-order valence-electron chi connectivity index (χ0n) is 28.7. The number of hydrogen-bond acceptors (Lipinski definition) is 7. The van der Waals surface area contributed by atoms with E-state index in [0.717, 1.165) is 12.1 Å². The Morgan fingerprint density at radius 2 is 1.11 bits per heavy atom. The number of anilines is 2. The van der Waals surface area contributed by atoms with Crippen molar-refractivity contribution in [3.8, 4) is 22.6 Å². The van der Waals surface area contributed by atoms with E-state index in [0.29, 0.717) is 17.8 Å². The van der Waals surface area contributed by atoms with Crippen molar-refractivity contribution in [3.05, 3.63) is 120 Å². The second-order valence-corrected chi connectivity index (χ2v) is 12.2. The number of carbonyl (C=O) groups is 4. The van der Waals surface area contributed by atoms with Gasteiger partial charge in [0, 0.05) is 25.5 Å². The number of allylic oxidation sites excluding steroid dienone is 4. The smallest absolute Gasteiger partial charge is 0.416 e. The van der Waals surface area contributed by atoms with Crippen LogP contribution in [-0.4, -0.2) is 48.1 Å². The van der Waals surface area contributed by atoms with E-state index in [9.17, 15) is 55.7 Å². The van der Waals surface area contributed by atoms with Crippen molar-refractivity contribution >= 4 is 35.1 Å². The second-order valence-electron chi connectivity index (χ2n) is 12.2. The van der Waals surface area contributed by atoms with E-state index in [1.807, 2.05) is 0 Å². The highest BCUT2D eigenvalue weighted by Gasteiger charge is 2.41. The summed E-state index contributed by atoms with van der Waals surface area (Å²) in [5, 5.41) is 27.7. The van der Waals surface area contributed by atoms with Gasteiger partial charge in [-0.25, -0.2) is 0 Å². The summed E-state index contributed by atoms with van der Waals surface area (Å²) in [5.74, 6) is -12.4. The van der Waals surface area contributed by atoms with Crippen molar-refractivity contribution in [3.63, 3.8) is 0 Å². The minimum Gasteiger partial charge on any atom is -0.481 e. The number of carbonyl (C=O) groups excluding carboxylic acids is 2. The Bertz CT molecular complexity index is 2090. The quantitative estimate of drug-likeness (QED) is 0.128. The van der Waals surface area contributed by atoms with Crippen LogP contribution in [0.1, 0.15) is 11.1 Å². The van der Waals surface area contributed by atoms with Gasteiger partial charge < -0.3 is 35.6 Å². The van der Waals surface area contributed by atoms with Crippen molar-refractivity contribution in [1.82, 2.24) is 5.32 Å². The number of alkyl halides is 6. The van der Waals surface area contributed by atoms with Crippen LogP contribution in [0.25, 0.3) is 11.1 Å². The lowest BCUT2D eigenvalue weighted by Gasteiger charge is -2.28. The Labute approximate surface area is 308 Å². The van der Waals surface area contributed by atoms with E-state index in [1.165, 1.54) is 61.7 Å². The molecule has 288 valence electrons. The number of amides is 2. The molecular formula is C38H31F6N3O8. The minimum absolute atomic E-state index is 0.0869. The maximum atomic E-state index is 14.1. The summed E-state index contributed by atoms with van der Waals surface area (Å²) in [5.41, 5.74) is -3.70. The Morgan fingerprint density at radius 1 is 0.655 bits per heavy atom. The first-order chi connectivity index (χ1) is 25.9. The average Bonchev–Trinajstić information content (AvgIpc) is 3.13. The maximum Gasteiger partial charge on any atom is 0.416 e. The Kier molecular flexibility index (Phi) is 11.4. The molecule has 5 N–H and O–H groups in total. The van der Waals surface area contributed by atoms with Gasteiger partial charge in [-0.1, -0.05) is 30.4 Å². The van der Waals surface area contributed by atoms with Crippen molar-refractivity contribution < 1.29 is 65.2 Å². The van der Waals surface area contributed by atoms with Crippen LogP contribution in [0.4, 0.5) is 37.7 Å². The molecule has 0 saturated heterocycles. The number of hydrogen-bond donors (Lipinski definition) is 5. The molecule has 4 unspecified atom stereocenters. The molecule has 0 radical (unpaired) electrons. The molecule has 0 bridgehead atoms. The predicted molar refractivity (Wildman–Crippen MR) is 186 cm³/mol. The number of aliphatic carboxylic acids is 2. The Morgan fingerprint density at radius 3 is 1.53 bits per heavy atom. The highest BCUT2D eigenvalue weighted by Crippen LogP contribution is 2.46. The average molecular weight is 772 g/mol. The number of rotatable bonds is 11. The molecule has 17 heteroatoms.